The number of hydrogen-bond donors (Lipinski definition) is 1. The molecule has 0 fully saturated rings. The predicted molar refractivity (Wildman–Crippen MR) is 89.8 cm³/mol. The first-order valence-corrected chi connectivity index (χ1v) is 7.88. The van der Waals surface area contributed by atoms with Gasteiger partial charge in [-0.05, 0) is 34.5 Å². The second-order valence-electron chi connectivity index (χ2n) is 5.24. The fourth-order valence-electron chi connectivity index (χ4n) is 2.88. The molecule has 2 heterocycles. The number of hydrogen-bond acceptors (Lipinski definition) is 2. The van der Waals surface area contributed by atoms with Crippen LogP contribution in [0.25, 0.3) is 21.0 Å². The van der Waals surface area contributed by atoms with E-state index in [9.17, 15) is 9.90 Å². The lowest BCUT2D eigenvalue weighted by molar-refractivity contribution is 0.0686. The molecule has 4 aromatic rings. The molecule has 0 saturated heterocycles. The standard InChI is InChI=1S/C18H13NO2S/c20-18(21)16-9-12-5-1-3-7-15(12)19(16)10-13-11-22-17-8-4-2-6-14(13)17/h1-9,11H,10H2,(H,20,21). The Hall–Kier alpha value is -2.59. The van der Waals surface area contributed by atoms with Crippen molar-refractivity contribution in [2.45, 2.75) is 6.54 Å². The number of carboxylic acid groups (broad SMARTS) is 1. The monoisotopic (exact) mass is 307 g/mol. The van der Waals surface area contributed by atoms with Gasteiger partial charge in [0, 0.05) is 22.1 Å². The van der Waals surface area contributed by atoms with Crippen LogP contribution >= 0.6 is 11.3 Å². The van der Waals surface area contributed by atoms with Gasteiger partial charge in [0.2, 0.25) is 0 Å². The highest BCUT2D eigenvalue weighted by atomic mass is 32.1. The molecule has 0 aliphatic rings. The first-order valence-electron chi connectivity index (χ1n) is 7.01. The Balaban J connectivity index is 1.90. The van der Waals surface area contributed by atoms with Gasteiger partial charge in [-0.2, -0.15) is 0 Å². The summed E-state index contributed by atoms with van der Waals surface area (Å²) in [6, 6.07) is 17.8. The first kappa shape index (κ1) is 13.1. The predicted octanol–water partition coefficient (Wildman–Crippen LogP) is 4.60. The van der Waals surface area contributed by atoms with E-state index in [1.54, 1.807) is 17.4 Å². The van der Waals surface area contributed by atoms with Crippen molar-refractivity contribution in [2.24, 2.45) is 0 Å². The molecule has 108 valence electrons. The number of carboxylic acids is 1. The van der Waals surface area contributed by atoms with Crippen molar-refractivity contribution >= 4 is 38.3 Å². The zero-order chi connectivity index (χ0) is 15.1. The average Bonchev–Trinajstić information content (AvgIpc) is 3.10. The SMILES string of the molecule is O=C(O)c1cc2ccccc2n1Cc1csc2ccccc12. The Morgan fingerprint density at radius 1 is 1.09 bits per heavy atom. The molecule has 0 atom stereocenters. The Kier molecular flexibility index (Phi) is 2.98. The van der Waals surface area contributed by atoms with Gasteiger partial charge in [-0.1, -0.05) is 36.4 Å². The summed E-state index contributed by atoms with van der Waals surface area (Å²) in [5.74, 6) is -0.893. The van der Waals surface area contributed by atoms with Crippen molar-refractivity contribution in [3.63, 3.8) is 0 Å². The molecule has 3 nitrogen and oxygen atoms in total. The molecule has 1 N–H and O–H groups in total. The van der Waals surface area contributed by atoms with Crippen molar-refractivity contribution < 1.29 is 9.90 Å². The minimum absolute atomic E-state index is 0.330. The van der Waals surface area contributed by atoms with Crippen LogP contribution in [0, 0.1) is 0 Å². The van der Waals surface area contributed by atoms with Gasteiger partial charge < -0.3 is 9.67 Å². The zero-order valence-electron chi connectivity index (χ0n) is 11.7. The van der Waals surface area contributed by atoms with Gasteiger partial charge in [0.05, 0.1) is 0 Å². The van der Waals surface area contributed by atoms with E-state index < -0.39 is 5.97 Å². The van der Waals surface area contributed by atoms with E-state index in [1.807, 2.05) is 41.0 Å². The minimum Gasteiger partial charge on any atom is -0.477 e. The lowest BCUT2D eigenvalue weighted by atomic mass is 10.2. The average molecular weight is 307 g/mol. The fraction of sp³-hybridized carbons (Fsp3) is 0.0556. The second-order valence-corrected chi connectivity index (χ2v) is 6.15. The van der Waals surface area contributed by atoms with Crippen molar-refractivity contribution in [3.05, 3.63) is 71.2 Å². The number of thiophene rings is 1. The van der Waals surface area contributed by atoms with Crippen LogP contribution in [-0.2, 0) is 6.54 Å². The van der Waals surface area contributed by atoms with Gasteiger partial charge in [-0.25, -0.2) is 4.79 Å². The zero-order valence-corrected chi connectivity index (χ0v) is 12.5. The lowest BCUT2D eigenvalue weighted by Gasteiger charge is -2.08. The quantitative estimate of drug-likeness (QED) is 0.601. The third-order valence-corrected chi connectivity index (χ3v) is 4.93. The molecular formula is C18H13NO2S. The number of benzene rings is 2. The number of para-hydroxylation sites is 1. The normalized spacial score (nSPS) is 11.3. The summed E-state index contributed by atoms with van der Waals surface area (Å²) in [7, 11) is 0. The van der Waals surface area contributed by atoms with E-state index >= 15 is 0 Å². The molecule has 4 heteroatoms. The van der Waals surface area contributed by atoms with Crippen LogP contribution in [0.1, 0.15) is 16.1 Å². The van der Waals surface area contributed by atoms with Gasteiger partial charge in [-0.15, -0.1) is 11.3 Å². The summed E-state index contributed by atoms with van der Waals surface area (Å²) in [6.45, 7) is 0.569. The van der Waals surface area contributed by atoms with Gasteiger partial charge >= 0.3 is 5.97 Å². The highest BCUT2D eigenvalue weighted by Gasteiger charge is 2.15. The first-order chi connectivity index (χ1) is 10.7. The summed E-state index contributed by atoms with van der Waals surface area (Å²) < 4.78 is 3.11. The minimum atomic E-state index is -0.893. The largest absolute Gasteiger partial charge is 0.477 e. The van der Waals surface area contributed by atoms with Crippen LogP contribution in [0.15, 0.2) is 60.0 Å². The second kappa shape index (κ2) is 5.00. The maximum absolute atomic E-state index is 11.6. The molecule has 0 spiro atoms. The Morgan fingerprint density at radius 2 is 1.86 bits per heavy atom. The smallest absolute Gasteiger partial charge is 0.352 e. The fourth-order valence-corrected chi connectivity index (χ4v) is 3.84. The molecule has 0 radical (unpaired) electrons. The lowest BCUT2D eigenvalue weighted by Crippen LogP contribution is -2.09. The molecule has 0 saturated carbocycles. The number of aromatic nitrogens is 1. The van der Waals surface area contributed by atoms with Gasteiger partial charge in [0.15, 0.2) is 0 Å². The molecule has 22 heavy (non-hydrogen) atoms. The summed E-state index contributed by atoms with van der Waals surface area (Å²) in [5.41, 5.74) is 2.44. The Morgan fingerprint density at radius 3 is 2.73 bits per heavy atom. The molecule has 0 unspecified atom stereocenters. The van der Waals surface area contributed by atoms with Crippen LogP contribution in [0.3, 0.4) is 0 Å². The third kappa shape index (κ3) is 2.00. The van der Waals surface area contributed by atoms with Crippen molar-refractivity contribution in [1.82, 2.24) is 4.57 Å². The number of carbonyl (C=O) groups is 1. The van der Waals surface area contributed by atoms with Crippen molar-refractivity contribution in [3.8, 4) is 0 Å². The van der Waals surface area contributed by atoms with Crippen LogP contribution in [0.2, 0.25) is 0 Å². The van der Waals surface area contributed by atoms with Gasteiger partial charge in [-0.3, -0.25) is 0 Å². The maximum atomic E-state index is 11.6. The summed E-state index contributed by atoms with van der Waals surface area (Å²) >= 11 is 1.69. The number of rotatable bonds is 3. The van der Waals surface area contributed by atoms with Crippen LogP contribution < -0.4 is 0 Å². The van der Waals surface area contributed by atoms with E-state index in [2.05, 4.69) is 17.5 Å². The van der Waals surface area contributed by atoms with Gasteiger partial charge in [0.25, 0.3) is 0 Å². The van der Waals surface area contributed by atoms with Crippen molar-refractivity contribution in [1.29, 1.82) is 0 Å². The van der Waals surface area contributed by atoms with Crippen LogP contribution in [0.4, 0.5) is 0 Å². The molecule has 2 aromatic heterocycles. The third-order valence-electron chi connectivity index (χ3n) is 3.92. The molecule has 4 rings (SSSR count). The molecule has 0 bridgehead atoms. The highest BCUT2D eigenvalue weighted by Crippen LogP contribution is 2.28. The van der Waals surface area contributed by atoms with E-state index in [1.165, 1.54) is 10.1 Å². The molecular weight excluding hydrogens is 294 g/mol. The molecule has 0 aliphatic heterocycles. The van der Waals surface area contributed by atoms with Crippen molar-refractivity contribution in [2.75, 3.05) is 0 Å². The van der Waals surface area contributed by atoms with E-state index in [-0.39, 0.29) is 0 Å². The molecule has 2 aromatic carbocycles. The van der Waals surface area contributed by atoms with Crippen LogP contribution in [-0.4, -0.2) is 15.6 Å². The van der Waals surface area contributed by atoms with E-state index in [4.69, 9.17) is 0 Å². The van der Waals surface area contributed by atoms with Crippen LogP contribution in [0.5, 0.6) is 0 Å². The number of nitrogens with zero attached hydrogens (tertiary/aromatic N) is 1. The Bertz CT molecular complexity index is 997. The summed E-state index contributed by atoms with van der Waals surface area (Å²) in [4.78, 5) is 11.6. The maximum Gasteiger partial charge on any atom is 0.352 e. The van der Waals surface area contributed by atoms with E-state index in [0.717, 1.165) is 16.5 Å². The highest BCUT2D eigenvalue weighted by molar-refractivity contribution is 7.17. The molecule has 0 aliphatic carbocycles. The van der Waals surface area contributed by atoms with E-state index in [0.29, 0.717) is 12.2 Å². The molecule has 0 amide bonds. The summed E-state index contributed by atoms with van der Waals surface area (Å²) in [5, 5.41) is 13.8. The summed E-state index contributed by atoms with van der Waals surface area (Å²) in [6.07, 6.45) is 0. The number of fused-ring (bicyclic) bond motifs is 2. The van der Waals surface area contributed by atoms with Gasteiger partial charge in [0.1, 0.15) is 5.69 Å². The topological polar surface area (TPSA) is 42.2 Å². The Labute approximate surface area is 131 Å². The number of aromatic carboxylic acids is 1.